The fourth-order valence-electron chi connectivity index (χ4n) is 8.51. The van der Waals surface area contributed by atoms with Gasteiger partial charge in [0.25, 0.3) is 0 Å². The van der Waals surface area contributed by atoms with Crippen molar-refractivity contribution in [1.29, 1.82) is 0 Å². The van der Waals surface area contributed by atoms with Crippen LogP contribution in [-0.4, -0.2) is 134 Å². The summed E-state index contributed by atoms with van der Waals surface area (Å²) in [7, 11) is 1.91. The van der Waals surface area contributed by atoms with E-state index in [0.717, 1.165) is 83.1 Å². The fraction of sp³-hybridized carbons (Fsp3) is 0.875. The summed E-state index contributed by atoms with van der Waals surface area (Å²) in [5.41, 5.74) is 6.25. The Balaban J connectivity index is 2.74. The third-order valence-electron chi connectivity index (χ3n) is 11.7. The minimum absolute atomic E-state index is 0.0247. The van der Waals surface area contributed by atoms with Crippen molar-refractivity contribution in [2.75, 3.05) is 20.1 Å². The summed E-state index contributed by atoms with van der Waals surface area (Å²) in [6, 6.07) is -6.43. The van der Waals surface area contributed by atoms with Gasteiger partial charge in [0.05, 0.1) is 54.6 Å². The maximum absolute atomic E-state index is 13.2. The van der Waals surface area contributed by atoms with Crippen LogP contribution in [0, 0.1) is 17.8 Å². The Labute approximate surface area is 319 Å². The van der Waals surface area contributed by atoms with Crippen LogP contribution in [0.25, 0.3) is 0 Å². The molecule has 1 aliphatic heterocycles. The van der Waals surface area contributed by atoms with E-state index in [2.05, 4.69) is 42.0 Å². The molecule has 0 amide bonds. The first-order chi connectivity index (χ1) is 25.4. The number of aliphatic hydroxyl groups is 1. The highest BCUT2D eigenvalue weighted by Crippen LogP contribution is 2.30. The maximum Gasteiger partial charge on any atom is 0.138 e. The normalized spacial score (nSPS) is 36.0. The number of unbranched alkanes of at least 4 members (excludes halogenated alkanes) is 3. The lowest BCUT2D eigenvalue weighted by molar-refractivity contribution is -0.122. The average molecular weight is 751 g/mol. The maximum atomic E-state index is 13.2. The number of carbonyl (C=O) groups is 5. The minimum Gasteiger partial charge on any atom is -0.392 e. The van der Waals surface area contributed by atoms with Crippen molar-refractivity contribution in [2.45, 2.75) is 185 Å². The number of aldehydes is 5. The molecule has 1 aliphatic carbocycles. The lowest BCUT2D eigenvalue weighted by Crippen LogP contribution is -2.67. The molecule has 2 rings (SSSR count). The molecular formula is C40H74N6O7. The second-order valence-electron chi connectivity index (χ2n) is 16.3. The van der Waals surface area contributed by atoms with Gasteiger partial charge in [-0.3, -0.25) is 10.2 Å². The number of likely N-dealkylation sites (N-methyl/N-ethyl adjacent to an activating group) is 1. The van der Waals surface area contributed by atoms with E-state index in [4.69, 9.17) is 10.5 Å². The number of nitrogens with one attached hydrogen (secondary N) is 4. The molecule has 0 radical (unpaired) electrons. The lowest BCUT2D eigenvalue weighted by atomic mass is 9.80. The summed E-state index contributed by atoms with van der Waals surface area (Å²) in [6.45, 7) is 12.1. The van der Waals surface area contributed by atoms with Gasteiger partial charge in [0.15, 0.2) is 0 Å². The molecule has 13 atom stereocenters. The molecule has 0 bridgehead atoms. The van der Waals surface area contributed by atoms with Gasteiger partial charge < -0.3 is 55.5 Å². The van der Waals surface area contributed by atoms with Crippen LogP contribution >= 0.6 is 0 Å². The summed E-state index contributed by atoms with van der Waals surface area (Å²) in [6.07, 6.45) is 12.7. The number of nitrogens with two attached hydrogens (primary N) is 1. The van der Waals surface area contributed by atoms with Gasteiger partial charge in [-0.1, -0.05) is 72.6 Å². The number of hydrogen-bond acceptors (Lipinski definition) is 13. The third-order valence-corrected chi connectivity index (χ3v) is 11.7. The smallest absolute Gasteiger partial charge is 0.138 e. The predicted molar refractivity (Wildman–Crippen MR) is 209 cm³/mol. The van der Waals surface area contributed by atoms with E-state index >= 15 is 0 Å². The van der Waals surface area contributed by atoms with E-state index in [0.29, 0.717) is 19.0 Å². The zero-order chi connectivity index (χ0) is 39.5. The second-order valence-corrected chi connectivity index (χ2v) is 16.3. The molecule has 306 valence electrons. The SMILES string of the molecule is CCCCCC[C@H]1O[C@@H](C)CNC(C=O)[C@@H]([C@H](C)O)NC(C=O)[C@H](CN)NC(C=O)[C@H](C2CCCCC2)NC(C=O)[C@H](CC(C)C)N(C)C(C=O)[C@H]1C. The van der Waals surface area contributed by atoms with Gasteiger partial charge in [0.1, 0.15) is 31.4 Å². The number of carbonyl (C=O) groups excluding carboxylic acids is 5. The molecule has 1 heterocycles. The van der Waals surface area contributed by atoms with Crippen LogP contribution in [0.1, 0.15) is 112 Å². The molecule has 13 nitrogen and oxygen atoms in total. The first kappa shape index (κ1) is 47.2. The van der Waals surface area contributed by atoms with E-state index in [9.17, 15) is 29.1 Å². The van der Waals surface area contributed by atoms with E-state index in [1.165, 1.54) is 0 Å². The van der Waals surface area contributed by atoms with Crippen LogP contribution in [0.3, 0.4) is 0 Å². The summed E-state index contributed by atoms with van der Waals surface area (Å²) >= 11 is 0. The van der Waals surface area contributed by atoms with E-state index in [1.807, 2.05) is 25.8 Å². The van der Waals surface area contributed by atoms with Crippen molar-refractivity contribution in [3.05, 3.63) is 0 Å². The molecule has 53 heavy (non-hydrogen) atoms. The topological polar surface area (TPSA) is 192 Å². The van der Waals surface area contributed by atoms with Crippen molar-refractivity contribution in [3.8, 4) is 0 Å². The molecule has 0 aromatic heterocycles. The molecule has 1 saturated carbocycles. The predicted octanol–water partition coefficient (Wildman–Crippen LogP) is 1.95. The molecule has 1 saturated heterocycles. The van der Waals surface area contributed by atoms with E-state index in [1.54, 1.807) is 6.92 Å². The van der Waals surface area contributed by atoms with Crippen molar-refractivity contribution in [1.82, 2.24) is 26.2 Å². The van der Waals surface area contributed by atoms with Gasteiger partial charge in [-0.15, -0.1) is 0 Å². The quantitative estimate of drug-likeness (QED) is 0.105. The summed E-state index contributed by atoms with van der Waals surface area (Å²) in [4.78, 5) is 66.5. The third kappa shape index (κ3) is 14.6. The minimum atomic E-state index is -1.04. The molecule has 0 aromatic rings. The van der Waals surface area contributed by atoms with Crippen LogP contribution in [0.2, 0.25) is 0 Å². The molecule has 13 heteroatoms. The van der Waals surface area contributed by atoms with Crippen molar-refractivity contribution < 1.29 is 33.8 Å². The second kappa shape index (κ2) is 25.2. The van der Waals surface area contributed by atoms with Crippen LogP contribution in [0.5, 0.6) is 0 Å². The first-order valence-electron chi connectivity index (χ1n) is 20.4. The monoisotopic (exact) mass is 751 g/mol. The molecule has 5 unspecified atom stereocenters. The Hall–Kier alpha value is -1.97. The van der Waals surface area contributed by atoms with Crippen LogP contribution < -0.4 is 27.0 Å². The van der Waals surface area contributed by atoms with Crippen LogP contribution in [0.4, 0.5) is 0 Å². The van der Waals surface area contributed by atoms with Crippen molar-refractivity contribution in [3.63, 3.8) is 0 Å². The number of rotatable bonds is 15. The zero-order valence-corrected chi connectivity index (χ0v) is 33.7. The zero-order valence-electron chi connectivity index (χ0n) is 33.7. The first-order valence-corrected chi connectivity index (χ1v) is 20.4. The molecule has 0 aromatic carbocycles. The van der Waals surface area contributed by atoms with Crippen molar-refractivity contribution >= 4 is 31.4 Å². The Kier molecular flexibility index (Phi) is 22.5. The molecule has 0 spiro atoms. The van der Waals surface area contributed by atoms with Gasteiger partial charge in [0.2, 0.25) is 0 Å². The Morgan fingerprint density at radius 1 is 0.830 bits per heavy atom. The number of hydrogen-bond donors (Lipinski definition) is 6. The van der Waals surface area contributed by atoms with Gasteiger partial charge >= 0.3 is 0 Å². The van der Waals surface area contributed by atoms with Gasteiger partial charge in [0, 0.05) is 37.1 Å². The van der Waals surface area contributed by atoms with Gasteiger partial charge in [-0.2, -0.15) is 0 Å². The van der Waals surface area contributed by atoms with Gasteiger partial charge in [-0.05, 0) is 58.4 Å². The Morgan fingerprint density at radius 2 is 1.47 bits per heavy atom. The Bertz CT molecular complexity index is 1060. The molecule has 2 aliphatic rings. The summed E-state index contributed by atoms with van der Waals surface area (Å²) in [5, 5.41) is 24.2. The summed E-state index contributed by atoms with van der Waals surface area (Å²) < 4.78 is 6.69. The lowest BCUT2D eigenvalue weighted by Gasteiger charge is -2.44. The molecular weight excluding hydrogens is 676 g/mol. The molecule has 7 N–H and O–H groups in total. The molecule has 2 fully saturated rings. The van der Waals surface area contributed by atoms with Crippen LogP contribution in [0.15, 0.2) is 0 Å². The highest BCUT2D eigenvalue weighted by Gasteiger charge is 2.41. The van der Waals surface area contributed by atoms with E-state index in [-0.39, 0.29) is 49.1 Å². The van der Waals surface area contributed by atoms with Crippen molar-refractivity contribution in [2.24, 2.45) is 23.5 Å². The summed E-state index contributed by atoms with van der Waals surface area (Å²) in [5.74, 6) is 0.0209. The average Bonchev–Trinajstić information content (AvgIpc) is 3.15. The largest absolute Gasteiger partial charge is 0.392 e. The van der Waals surface area contributed by atoms with Crippen LogP contribution in [-0.2, 0) is 28.7 Å². The fourth-order valence-corrected chi connectivity index (χ4v) is 8.51. The number of nitrogens with zero attached hydrogens (tertiary/aromatic N) is 1. The number of aliphatic hydroxyl groups excluding tert-OH is 1. The highest BCUT2D eigenvalue weighted by molar-refractivity contribution is 5.64. The van der Waals surface area contributed by atoms with E-state index < -0.39 is 54.4 Å². The standard InChI is InChI=1S/C40H74N6O7/c1-8-9-10-14-17-38-28(5)37(25-51)46(7)36(18-26(2)3)33(22-48)45-40(30-15-12-11-13-16-30)35(24-50)43-31(19-41)32(21-47)44-39(29(6)52)34(23-49)42-20-27(4)53-38/h21-40,42-45,52H,8-20,41H2,1-7H3/t27-,28+,29-,31-,32?,33?,34?,35?,36-,37?,38+,39+,40-/m0/s1. The van der Waals surface area contributed by atoms with Gasteiger partial charge in [-0.25, -0.2) is 0 Å². The Morgan fingerprint density at radius 3 is 2.00 bits per heavy atom. The number of ether oxygens (including phenoxy) is 1. The highest BCUT2D eigenvalue weighted by atomic mass is 16.5.